The number of aryl methyl sites for hydroxylation is 2. The molecule has 7 nitrogen and oxygen atoms in total. The van der Waals surface area contributed by atoms with Crippen molar-refractivity contribution in [2.24, 2.45) is 23.7 Å². The Kier molecular flexibility index (Phi) is 9.22. The van der Waals surface area contributed by atoms with Gasteiger partial charge in [0.2, 0.25) is 0 Å². The van der Waals surface area contributed by atoms with Crippen molar-refractivity contribution in [1.82, 2.24) is 9.88 Å². The summed E-state index contributed by atoms with van der Waals surface area (Å²) in [6.07, 6.45) is 3.69. The maximum atomic E-state index is 12.4. The van der Waals surface area contributed by atoms with E-state index >= 15 is 0 Å². The molecule has 1 amide bonds. The number of aromatic nitrogens is 1. The van der Waals surface area contributed by atoms with Gasteiger partial charge in [0.15, 0.2) is 0 Å². The third kappa shape index (κ3) is 6.78. The molecule has 1 saturated heterocycles. The van der Waals surface area contributed by atoms with Crippen LogP contribution >= 0.6 is 0 Å². The van der Waals surface area contributed by atoms with Crippen molar-refractivity contribution in [2.75, 3.05) is 13.7 Å². The van der Waals surface area contributed by atoms with Gasteiger partial charge in [-0.15, -0.1) is 0 Å². The summed E-state index contributed by atoms with van der Waals surface area (Å²) in [6.45, 7) is 12.1. The van der Waals surface area contributed by atoms with Gasteiger partial charge in [0.05, 0.1) is 12.0 Å². The maximum absolute atomic E-state index is 12.4. The maximum Gasteiger partial charge on any atom is 0.405 e. The van der Waals surface area contributed by atoms with Gasteiger partial charge in [0.25, 0.3) is 0 Å². The number of ether oxygens (including phenoxy) is 2. The number of fused-ring (bicyclic) bond motifs is 1. The van der Waals surface area contributed by atoms with Crippen LogP contribution in [-0.4, -0.2) is 47.6 Å². The number of hydrogen-bond donors (Lipinski definition) is 2. The van der Waals surface area contributed by atoms with Crippen LogP contribution in [-0.2, 0) is 27.2 Å². The van der Waals surface area contributed by atoms with Gasteiger partial charge in [0, 0.05) is 37.4 Å². The minimum absolute atomic E-state index is 0.174. The van der Waals surface area contributed by atoms with Crippen LogP contribution in [0.2, 0.25) is 0 Å². The lowest BCUT2D eigenvalue weighted by molar-refractivity contribution is -0.146. The number of methoxy groups -OCH3 is 1. The number of nitrogens with zero attached hydrogens (tertiary/aromatic N) is 1. The quantitative estimate of drug-likeness (QED) is 0.309. The van der Waals surface area contributed by atoms with Crippen molar-refractivity contribution < 1.29 is 24.2 Å². The Hall–Kier alpha value is -2.54. The fraction of sp³-hybridized carbons (Fsp3) is 0.643. The Bertz CT molecular complexity index is 1010. The molecular formula is C28H42N2O5. The molecule has 3 rings (SSSR count). The third-order valence-corrected chi connectivity index (χ3v) is 7.51. The summed E-state index contributed by atoms with van der Waals surface area (Å²) in [6, 6.07) is 6.24. The predicted molar refractivity (Wildman–Crippen MR) is 138 cm³/mol. The van der Waals surface area contributed by atoms with E-state index in [9.17, 15) is 14.7 Å². The minimum atomic E-state index is -1.08. The van der Waals surface area contributed by atoms with Crippen LogP contribution < -0.4 is 5.32 Å². The molecule has 0 aliphatic carbocycles. The summed E-state index contributed by atoms with van der Waals surface area (Å²) < 4.78 is 13.2. The largest absolute Gasteiger partial charge is 0.465 e. The van der Waals surface area contributed by atoms with Crippen LogP contribution in [0.3, 0.4) is 0 Å². The van der Waals surface area contributed by atoms with Gasteiger partial charge < -0.3 is 24.5 Å². The smallest absolute Gasteiger partial charge is 0.405 e. The second-order valence-electron chi connectivity index (χ2n) is 10.8. The summed E-state index contributed by atoms with van der Waals surface area (Å²) >= 11 is 0. The van der Waals surface area contributed by atoms with Gasteiger partial charge in [-0.2, -0.15) is 0 Å². The zero-order chi connectivity index (χ0) is 25.7. The number of carbonyl (C=O) groups excluding carboxylic acids is 1. The molecule has 194 valence electrons. The number of cyclic esters (lactones) is 1. The lowest BCUT2D eigenvalue weighted by Gasteiger charge is -2.29. The summed E-state index contributed by atoms with van der Waals surface area (Å²) in [4.78, 5) is 24.0. The van der Waals surface area contributed by atoms with Gasteiger partial charge in [-0.05, 0) is 67.6 Å². The minimum Gasteiger partial charge on any atom is -0.465 e. The summed E-state index contributed by atoms with van der Waals surface area (Å²) in [5.41, 5.74) is 3.72. The van der Waals surface area contributed by atoms with E-state index in [4.69, 9.17) is 9.47 Å². The van der Waals surface area contributed by atoms with Crippen molar-refractivity contribution in [3.63, 3.8) is 0 Å². The first-order valence-corrected chi connectivity index (χ1v) is 12.9. The van der Waals surface area contributed by atoms with Crippen LogP contribution in [0.15, 0.2) is 24.4 Å². The SMILES string of the molecule is COCCCn1cc(C)c2ccc(C[C@H](C[C@H](NC(=O)O)[C@@H]3C[C@@H](C(C)C)C(=O)O3)C(C)C)cc21. The van der Waals surface area contributed by atoms with Crippen LogP contribution in [0, 0.1) is 30.6 Å². The van der Waals surface area contributed by atoms with E-state index in [0.29, 0.717) is 18.8 Å². The molecular weight excluding hydrogens is 444 g/mol. The topological polar surface area (TPSA) is 89.8 Å². The molecule has 35 heavy (non-hydrogen) atoms. The molecule has 7 heteroatoms. The van der Waals surface area contributed by atoms with Gasteiger partial charge in [-0.3, -0.25) is 4.79 Å². The van der Waals surface area contributed by atoms with Crippen LogP contribution in [0.25, 0.3) is 10.9 Å². The van der Waals surface area contributed by atoms with Crippen LogP contribution in [0.5, 0.6) is 0 Å². The van der Waals surface area contributed by atoms with Crippen molar-refractivity contribution in [3.8, 4) is 0 Å². The first-order valence-electron chi connectivity index (χ1n) is 12.9. The molecule has 0 radical (unpaired) electrons. The first-order chi connectivity index (χ1) is 16.6. The van der Waals surface area contributed by atoms with Crippen LogP contribution in [0.1, 0.15) is 58.1 Å². The summed E-state index contributed by atoms with van der Waals surface area (Å²) in [5, 5.41) is 13.4. The molecule has 1 aromatic heterocycles. The highest BCUT2D eigenvalue weighted by Gasteiger charge is 2.41. The molecule has 2 N–H and O–H groups in total. The second-order valence-corrected chi connectivity index (χ2v) is 10.8. The van der Waals surface area contributed by atoms with E-state index in [2.05, 4.69) is 55.1 Å². The molecule has 0 spiro atoms. The Morgan fingerprint density at radius 2 is 2.03 bits per heavy atom. The number of carbonyl (C=O) groups is 2. The zero-order valence-electron chi connectivity index (χ0n) is 22.0. The fourth-order valence-electron chi connectivity index (χ4n) is 5.32. The normalized spacial score (nSPS) is 19.9. The van der Waals surface area contributed by atoms with E-state index in [1.54, 1.807) is 7.11 Å². The number of carboxylic acid groups (broad SMARTS) is 1. The second kappa shape index (κ2) is 11.9. The van der Waals surface area contributed by atoms with Crippen LogP contribution in [0.4, 0.5) is 4.79 Å². The van der Waals surface area contributed by atoms with Gasteiger partial charge in [-0.1, -0.05) is 39.8 Å². The molecule has 1 fully saturated rings. The highest BCUT2D eigenvalue weighted by atomic mass is 16.6. The standard InChI is InChI=1S/C28H42N2O5/c1-17(2)21(14-24(29-28(32)33)26-15-23(18(3)4)27(31)35-26)12-20-8-9-22-19(5)16-30(25(22)13-20)10-7-11-34-6/h8-9,13,16-18,21,23-24,26,29H,7,10-12,14-15H2,1-6H3,(H,32,33)/t21-,23+,24+,26+/m1/s1. The number of esters is 1. The van der Waals surface area contributed by atoms with Crippen molar-refractivity contribution in [3.05, 3.63) is 35.5 Å². The molecule has 4 atom stereocenters. The monoisotopic (exact) mass is 486 g/mol. The zero-order valence-corrected chi connectivity index (χ0v) is 22.0. The Balaban J connectivity index is 1.80. The molecule has 0 bridgehead atoms. The van der Waals surface area contributed by atoms with Gasteiger partial charge in [-0.25, -0.2) is 4.79 Å². The molecule has 2 heterocycles. The number of rotatable bonds is 12. The van der Waals surface area contributed by atoms with E-state index in [1.165, 1.54) is 22.0 Å². The van der Waals surface area contributed by atoms with Gasteiger partial charge in [0.1, 0.15) is 6.10 Å². The Morgan fingerprint density at radius 1 is 1.29 bits per heavy atom. The molecule has 1 aliphatic heterocycles. The molecule has 0 saturated carbocycles. The lowest BCUT2D eigenvalue weighted by atomic mass is 9.81. The molecule has 2 aromatic rings. The summed E-state index contributed by atoms with van der Waals surface area (Å²) in [5.74, 6) is 0.371. The third-order valence-electron chi connectivity index (χ3n) is 7.51. The highest BCUT2D eigenvalue weighted by molar-refractivity contribution is 5.84. The van der Waals surface area contributed by atoms with Crippen molar-refractivity contribution in [2.45, 2.75) is 79.0 Å². The molecule has 1 aliphatic rings. The average molecular weight is 487 g/mol. The predicted octanol–water partition coefficient (Wildman–Crippen LogP) is 5.41. The van der Waals surface area contributed by atoms with Crippen molar-refractivity contribution in [1.29, 1.82) is 0 Å². The number of nitrogens with one attached hydrogen (secondary N) is 1. The number of amides is 1. The van der Waals surface area contributed by atoms with E-state index in [1.807, 2.05) is 13.8 Å². The highest BCUT2D eigenvalue weighted by Crippen LogP contribution is 2.33. The average Bonchev–Trinajstić information content (AvgIpc) is 3.32. The number of hydrogen-bond acceptors (Lipinski definition) is 4. The Labute approximate surface area is 209 Å². The lowest BCUT2D eigenvalue weighted by Crippen LogP contribution is -2.44. The van der Waals surface area contributed by atoms with E-state index in [-0.39, 0.29) is 23.7 Å². The van der Waals surface area contributed by atoms with Crippen molar-refractivity contribution >= 4 is 23.0 Å². The van der Waals surface area contributed by atoms with E-state index in [0.717, 1.165) is 26.0 Å². The molecule has 0 unspecified atom stereocenters. The summed E-state index contributed by atoms with van der Waals surface area (Å²) in [7, 11) is 1.73. The number of benzene rings is 1. The Morgan fingerprint density at radius 3 is 2.63 bits per heavy atom. The fourth-order valence-corrected chi connectivity index (χ4v) is 5.32. The van der Waals surface area contributed by atoms with Gasteiger partial charge >= 0.3 is 12.1 Å². The van der Waals surface area contributed by atoms with E-state index < -0.39 is 18.2 Å². The first kappa shape index (κ1) is 27.1. The molecule has 1 aromatic carbocycles.